The lowest BCUT2D eigenvalue weighted by Crippen LogP contribution is -2.32. The van der Waals surface area contributed by atoms with Crippen molar-refractivity contribution in [2.75, 3.05) is 19.0 Å². The number of aliphatic hydroxyl groups excluding tert-OH is 1. The molecule has 0 saturated heterocycles. The Labute approximate surface area is 196 Å². The number of nitrogens with zero attached hydrogens (tertiary/aromatic N) is 1. The molecule has 1 saturated carbocycles. The van der Waals surface area contributed by atoms with Crippen LogP contribution in [0.3, 0.4) is 0 Å². The third-order valence-corrected chi connectivity index (χ3v) is 7.18. The van der Waals surface area contributed by atoms with Crippen molar-refractivity contribution < 1.29 is 14.6 Å². The average molecular weight is 449 g/mol. The summed E-state index contributed by atoms with van der Waals surface area (Å²) in [4.78, 5) is 13.6. The number of rotatable bonds is 7. The molecule has 33 heavy (non-hydrogen) atoms. The van der Waals surface area contributed by atoms with Crippen LogP contribution in [0.4, 0.5) is 5.69 Å². The van der Waals surface area contributed by atoms with Crippen LogP contribution in [0, 0.1) is 5.41 Å². The quantitative estimate of drug-likeness (QED) is 0.492. The lowest BCUT2D eigenvalue weighted by atomic mass is 9.87. The van der Waals surface area contributed by atoms with Gasteiger partial charge in [-0.3, -0.25) is 4.79 Å². The normalized spacial score (nSPS) is 19.5. The molecule has 0 radical (unpaired) electrons. The number of methoxy groups -OCH3 is 1. The van der Waals surface area contributed by atoms with E-state index >= 15 is 0 Å². The van der Waals surface area contributed by atoms with Crippen LogP contribution in [0.15, 0.2) is 48.5 Å². The number of benzene rings is 2. The lowest BCUT2D eigenvalue weighted by Gasteiger charge is -2.22. The van der Waals surface area contributed by atoms with Gasteiger partial charge in [-0.1, -0.05) is 46.8 Å². The molecule has 176 valence electrons. The van der Waals surface area contributed by atoms with Crippen LogP contribution in [0.25, 0.3) is 10.9 Å². The predicted octanol–water partition coefficient (Wildman–Crippen LogP) is 5.64. The van der Waals surface area contributed by atoms with Crippen LogP contribution in [-0.4, -0.2) is 29.3 Å². The maximum absolute atomic E-state index is 13.6. The first kappa shape index (κ1) is 23.4. The molecule has 1 heterocycles. The zero-order chi connectivity index (χ0) is 24.0. The molecule has 1 unspecified atom stereocenters. The molecule has 5 nitrogen and oxygen atoms in total. The van der Waals surface area contributed by atoms with Crippen LogP contribution in [0.2, 0.25) is 0 Å². The van der Waals surface area contributed by atoms with Gasteiger partial charge in [0.1, 0.15) is 5.75 Å². The minimum absolute atomic E-state index is 0.0195. The number of fused-ring (bicyclic) bond motifs is 1. The molecule has 0 bridgehead atoms. The number of amides is 1. The zero-order valence-corrected chi connectivity index (χ0v) is 20.7. The van der Waals surface area contributed by atoms with Crippen LogP contribution >= 0.6 is 0 Å². The number of ether oxygens (including phenoxy) is 1. The Morgan fingerprint density at radius 1 is 1.12 bits per heavy atom. The molecule has 1 amide bonds. The van der Waals surface area contributed by atoms with Crippen molar-refractivity contribution in [3.8, 4) is 5.75 Å². The summed E-state index contributed by atoms with van der Waals surface area (Å²) in [7, 11) is 1.65. The second kappa shape index (κ2) is 8.21. The van der Waals surface area contributed by atoms with Gasteiger partial charge < -0.3 is 19.7 Å². The van der Waals surface area contributed by atoms with E-state index in [2.05, 4.69) is 62.7 Å². The first-order valence-corrected chi connectivity index (χ1v) is 11.7. The number of anilines is 1. The average Bonchev–Trinajstić information content (AvgIpc) is 3.18. The molecule has 4 rings (SSSR count). The van der Waals surface area contributed by atoms with Crippen molar-refractivity contribution in [3.05, 3.63) is 59.8 Å². The summed E-state index contributed by atoms with van der Waals surface area (Å²) in [5.74, 6) is 0.825. The van der Waals surface area contributed by atoms with Gasteiger partial charge in [0.25, 0.3) is 0 Å². The largest absolute Gasteiger partial charge is 0.497 e. The highest BCUT2D eigenvalue weighted by Crippen LogP contribution is 2.64. The highest BCUT2D eigenvalue weighted by Gasteiger charge is 2.67. The van der Waals surface area contributed by atoms with E-state index in [0.717, 1.165) is 40.9 Å². The number of aliphatic hydroxyl groups is 1. The Kier molecular flexibility index (Phi) is 5.81. The van der Waals surface area contributed by atoms with Crippen LogP contribution < -0.4 is 10.1 Å². The topological polar surface area (TPSA) is 63.5 Å². The summed E-state index contributed by atoms with van der Waals surface area (Å²) in [5, 5.41) is 13.7. The summed E-state index contributed by atoms with van der Waals surface area (Å²) in [6.07, 6.45) is 1.52. The van der Waals surface area contributed by atoms with E-state index in [4.69, 9.17) is 4.74 Å². The van der Waals surface area contributed by atoms with Crippen LogP contribution in [0.1, 0.15) is 58.7 Å². The van der Waals surface area contributed by atoms with E-state index in [0.29, 0.717) is 6.42 Å². The maximum atomic E-state index is 13.6. The van der Waals surface area contributed by atoms with E-state index < -0.39 is 5.41 Å². The highest BCUT2D eigenvalue weighted by molar-refractivity contribution is 6.03. The fraction of sp³-hybridized carbons (Fsp3) is 0.464. The third-order valence-electron chi connectivity index (χ3n) is 7.18. The number of aromatic nitrogens is 1. The van der Waals surface area contributed by atoms with Crippen molar-refractivity contribution >= 4 is 22.5 Å². The van der Waals surface area contributed by atoms with Crippen molar-refractivity contribution in [1.29, 1.82) is 0 Å². The third kappa shape index (κ3) is 4.04. The Morgan fingerprint density at radius 3 is 2.33 bits per heavy atom. The van der Waals surface area contributed by atoms with Gasteiger partial charge >= 0.3 is 0 Å². The molecule has 3 aromatic rings. The minimum Gasteiger partial charge on any atom is -0.497 e. The van der Waals surface area contributed by atoms with Gasteiger partial charge in [0.15, 0.2) is 0 Å². The summed E-state index contributed by atoms with van der Waals surface area (Å²) >= 11 is 0. The molecular weight excluding hydrogens is 412 g/mol. The molecule has 1 aliphatic rings. The number of hydrogen-bond donors (Lipinski definition) is 2. The van der Waals surface area contributed by atoms with Crippen LogP contribution in [0.5, 0.6) is 5.75 Å². The minimum atomic E-state index is -0.544. The van der Waals surface area contributed by atoms with Crippen molar-refractivity contribution in [2.45, 2.75) is 64.8 Å². The standard InChI is InChI=1S/C28H36N2O3/c1-26(2,3)24-17-19-16-21(10-13-23(19)30(24)14-7-15-31)29-25(32)28(18-27(28,4)5)20-8-11-22(33-6)12-9-20/h8-13,16-17,31H,7,14-15,18H2,1-6H3,(H,29,32). The molecule has 2 N–H and O–H groups in total. The van der Waals surface area contributed by atoms with Crippen molar-refractivity contribution in [2.24, 2.45) is 5.41 Å². The highest BCUT2D eigenvalue weighted by atomic mass is 16.5. The number of aryl methyl sites for hydroxylation is 1. The number of carbonyl (C=O) groups excluding carboxylic acids is 1. The van der Waals surface area contributed by atoms with Gasteiger partial charge in [-0.25, -0.2) is 0 Å². The van der Waals surface area contributed by atoms with Gasteiger partial charge in [-0.2, -0.15) is 0 Å². The molecular formula is C28H36N2O3. The lowest BCUT2D eigenvalue weighted by molar-refractivity contribution is -0.119. The number of hydrogen-bond acceptors (Lipinski definition) is 3. The summed E-state index contributed by atoms with van der Waals surface area (Å²) in [6.45, 7) is 11.8. The van der Waals surface area contributed by atoms with E-state index in [1.807, 2.05) is 30.3 Å². The summed E-state index contributed by atoms with van der Waals surface area (Å²) in [6, 6.07) is 16.2. The number of nitrogens with one attached hydrogen (secondary N) is 1. The number of carbonyl (C=O) groups is 1. The Balaban J connectivity index is 1.66. The molecule has 1 aliphatic carbocycles. The molecule has 1 aromatic heterocycles. The zero-order valence-electron chi connectivity index (χ0n) is 20.7. The SMILES string of the molecule is COc1ccc(C2(C(=O)Nc3ccc4c(c3)cc(C(C)(C)C)n4CCCO)CC2(C)C)cc1. The Bertz CT molecular complexity index is 1170. The molecule has 1 fully saturated rings. The Hall–Kier alpha value is -2.79. The molecule has 2 aromatic carbocycles. The summed E-state index contributed by atoms with van der Waals surface area (Å²) < 4.78 is 7.59. The smallest absolute Gasteiger partial charge is 0.235 e. The fourth-order valence-electron chi connectivity index (χ4n) is 5.18. The second-order valence-electron chi connectivity index (χ2n) is 10.9. The van der Waals surface area contributed by atoms with Gasteiger partial charge in [-0.15, -0.1) is 0 Å². The second-order valence-corrected chi connectivity index (χ2v) is 10.9. The van der Waals surface area contributed by atoms with E-state index in [9.17, 15) is 9.90 Å². The van der Waals surface area contributed by atoms with Gasteiger partial charge in [-0.05, 0) is 60.2 Å². The molecule has 0 spiro atoms. The monoisotopic (exact) mass is 448 g/mol. The van der Waals surface area contributed by atoms with Crippen molar-refractivity contribution in [3.63, 3.8) is 0 Å². The fourth-order valence-corrected chi connectivity index (χ4v) is 5.18. The molecule has 1 atom stereocenters. The van der Waals surface area contributed by atoms with Gasteiger partial charge in [0.2, 0.25) is 5.91 Å². The summed E-state index contributed by atoms with van der Waals surface area (Å²) in [5.41, 5.74) is 3.52. The first-order valence-electron chi connectivity index (χ1n) is 11.7. The van der Waals surface area contributed by atoms with Gasteiger partial charge in [0.05, 0.1) is 12.5 Å². The maximum Gasteiger partial charge on any atom is 0.235 e. The predicted molar refractivity (Wildman–Crippen MR) is 134 cm³/mol. The van der Waals surface area contributed by atoms with Crippen molar-refractivity contribution in [1.82, 2.24) is 4.57 Å². The molecule has 0 aliphatic heterocycles. The van der Waals surface area contributed by atoms with Crippen LogP contribution in [-0.2, 0) is 22.2 Å². The van der Waals surface area contributed by atoms with E-state index in [-0.39, 0.29) is 23.3 Å². The van der Waals surface area contributed by atoms with Gasteiger partial charge in [0, 0.05) is 40.9 Å². The molecule has 5 heteroatoms. The first-order chi connectivity index (χ1) is 15.5. The van der Waals surface area contributed by atoms with E-state index in [1.54, 1.807) is 7.11 Å². The van der Waals surface area contributed by atoms with E-state index in [1.165, 1.54) is 5.69 Å². The Morgan fingerprint density at radius 2 is 1.79 bits per heavy atom.